The van der Waals surface area contributed by atoms with Gasteiger partial charge in [0.25, 0.3) is 0 Å². The third-order valence-corrected chi connectivity index (χ3v) is 4.78. The molecule has 1 aromatic carbocycles. The molecule has 0 unspecified atom stereocenters. The van der Waals surface area contributed by atoms with Gasteiger partial charge in [-0.2, -0.15) is 4.98 Å². The Morgan fingerprint density at radius 3 is 2.67 bits per heavy atom. The van der Waals surface area contributed by atoms with Crippen molar-refractivity contribution in [1.29, 1.82) is 0 Å². The van der Waals surface area contributed by atoms with Crippen LogP contribution in [0.5, 0.6) is 11.6 Å². The van der Waals surface area contributed by atoms with Crippen molar-refractivity contribution in [2.75, 3.05) is 18.0 Å². The molecule has 3 heterocycles. The summed E-state index contributed by atoms with van der Waals surface area (Å²) in [6.07, 6.45) is 5.43. The monoisotopic (exact) mass is 368 g/mol. The van der Waals surface area contributed by atoms with Crippen molar-refractivity contribution in [3.8, 4) is 11.6 Å². The van der Waals surface area contributed by atoms with E-state index in [0.29, 0.717) is 23.5 Å². The number of hydrogen-bond acceptors (Lipinski definition) is 6. The Labute approximate surface area is 156 Å². The molecular formula is C19H21FN6O. The Hall–Kier alpha value is -3.03. The zero-order valence-corrected chi connectivity index (χ0v) is 15.1. The average molecular weight is 368 g/mol. The molecule has 8 heteroatoms. The number of hydrogen-bond donors (Lipinski definition) is 0. The highest BCUT2D eigenvalue weighted by molar-refractivity contribution is 5.35. The van der Waals surface area contributed by atoms with Crippen LogP contribution in [0.15, 0.2) is 42.9 Å². The molecule has 7 nitrogen and oxygen atoms in total. The molecule has 1 aliphatic heterocycles. The third-order valence-electron chi connectivity index (χ3n) is 4.78. The summed E-state index contributed by atoms with van der Waals surface area (Å²) >= 11 is 0. The van der Waals surface area contributed by atoms with Gasteiger partial charge in [-0.1, -0.05) is 0 Å². The molecule has 0 spiro atoms. The minimum atomic E-state index is -0.299. The van der Waals surface area contributed by atoms with Crippen LogP contribution in [0.3, 0.4) is 0 Å². The Balaban J connectivity index is 1.42. The lowest BCUT2D eigenvalue weighted by Gasteiger charge is -2.31. The maximum Gasteiger partial charge on any atom is 0.228 e. The first-order valence-corrected chi connectivity index (χ1v) is 9.12. The second-order valence-corrected chi connectivity index (χ2v) is 6.49. The molecule has 0 bridgehead atoms. The van der Waals surface area contributed by atoms with Crippen molar-refractivity contribution < 1.29 is 9.13 Å². The fourth-order valence-corrected chi connectivity index (χ4v) is 3.33. The zero-order chi connectivity index (χ0) is 18.6. The van der Waals surface area contributed by atoms with Gasteiger partial charge in [-0.3, -0.25) is 0 Å². The Morgan fingerprint density at radius 2 is 1.93 bits per heavy atom. The quantitative estimate of drug-likeness (QED) is 0.687. The number of rotatable bonds is 5. The molecule has 0 amide bonds. The number of anilines is 1. The van der Waals surface area contributed by atoms with E-state index in [-0.39, 0.29) is 5.82 Å². The second-order valence-electron chi connectivity index (χ2n) is 6.49. The van der Waals surface area contributed by atoms with Crippen LogP contribution in [0.2, 0.25) is 0 Å². The van der Waals surface area contributed by atoms with Crippen LogP contribution in [0.25, 0.3) is 0 Å². The fraction of sp³-hybridized carbons (Fsp3) is 0.368. The van der Waals surface area contributed by atoms with Crippen LogP contribution in [-0.4, -0.2) is 37.8 Å². The topological polar surface area (TPSA) is 69.0 Å². The van der Waals surface area contributed by atoms with Crippen molar-refractivity contribution in [3.05, 3.63) is 54.5 Å². The normalized spacial score (nSPS) is 15.1. The predicted octanol–water partition coefficient (Wildman–Crippen LogP) is 3.40. The predicted molar refractivity (Wildman–Crippen MR) is 98.4 cm³/mol. The minimum Gasteiger partial charge on any atom is -0.439 e. The Bertz CT molecular complexity index is 889. The van der Waals surface area contributed by atoms with Gasteiger partial charge >= 0.3 is 0 Å². The van der Waals surface area contributed by atoms with Crippen LogP contribution in [0.4, 0.5) is 10.3 Å². The number of nitrogens with zero attached hydrogens (tertiary/aromatic N) is 6. The molecular weight excluding hydrogens is 347 g/mol. The highest BCUT2D eigenvalue weighted by atomic mass is 19.1. The van der Waals surface area contributed by atoms with Crippen molar-refractivity contribution in [1.82, 2.24) is 24.7 Å². The lowest BCUT2D eigenvalue weighted by Crippen LogP contribution is -2.34. The SMILES string of the molecule is CCn1cnnc1C1CCN(c2nccc(Oc3ccc(F)cc3)n2)CC1. The largest absolute Gasteiger partial charge is 0.439 e. The Morgan fingerprint density at radius 1 is 1.15 bits per heavy atom. The second kappa shape index (κ2) is 7.69. The first-order chi connectivity index (χ1) is 13.2. The summed E-state index contributed by atoms with van der Waals surface area (Å²) < 4.78 is 20.8. The van der Waals surface area contributed by atoms with Gasteiger partial charge in [0.1, 0.15) is 23.7 Å². The molecule has 0 N–H and O–H groups in total. The van der Waals surface area contributed by atoms with Crippen molar-refractivity contribution in [3.63, 3.8) is 0 Å². The van der Waals surface area contributed by atoms with Gasteiger partial charge in [0.15, 0.2) is 0 Å². The molecule has 140 valence electrons. The van der Waals surface area contributed by atoms with Crippen molar-refractivity contribution in [2.24, 2.45) is 0 Å². The number of piperidine rings is 1. The third kappa shape index (κ3) is 3.89. The summed E-state index contributed by atoms with van der Waals surface area (Å²) in [5.74, 6) is 2.80. The van der Waals surface area contributed by atoms with Gasteiger partial charge in [-0.25, -0.2) is 9.37 Å². The van der Waals surface area contributed by atoms with E-state index in [4.69, 9.17) is 4.74 Å². The molecule has 2 aromatic heterocycles. The lowest BCUT2D eigenvalue weighted by molar-refractivity contribution is 0.447. The van der Waals surface area contributed by atoms with Crippen LogP contribution in [0, 0.1) is 5.82 Å². The zero-order valence-electron chi connectivity index (χ0n) is 15.1. The van der Waals surface area contributed by atoms with Gasteiger partial charge in [0.2, 0.25) is 11.8 Å². The standard InChI is InChI=1S/C19H21FN6O/c1-2-25-13-22-24-18(25)14-8-11-26(12-9-14)19-21-10-7-17(23-19)27-16-5-3-15(20)4-6-16/h3-7,10,13-14H,2,8-9,11-12H2,1H3. The number of benzene rings is 1. The molecule has 1 fully saturated rings. The molecule has 0 radical (unpaired) electrons. The Kier molecular flexibility index (Phi) is 4.95. The van der Waals surface area contributed by atoms with E-state index in [1.165, 1.54) is 12.1 Å². The molecule has 4 rings (SSSR count). The van der Waals surface area contributed by atoms with E-state index in [1.807, 2.05) is 0 Å². The molecule has 0 saturated carbocycles. The van der Waals surface area contributed by atoms with E-state index in [1.54, 1.807) is 30.7 Å². The summed E-state index contributed by atoms with van der Waals surface area (Å²) in [4.78, 5) is 11.0. The van der Waals surface area contributed by atoms with Crippen molar-refractivity contribution in [2.45, 2.75) is 32.2 Å². The first-order valence-electron chi connectivity index (χ1n) is 9.12. The number of halogens is 1. The molecule has 1 aliphatic rings. The van der Waals surface area contributed by atoms with Crippen LogP contribution in [-0.2, 0) is 6.54 Å². The fourth-order valence-electron chi connectivity index (χ4n) is 3.33. The molecule has 0 aliphatic carbocycles. The first kappa shape index (κ1) is 17.4. The maximum atomic E-state index is 13.0. The van der Waals surface area contributed by atoms with Gasteiger partial charge < -0.3 is 14.2 Å². The van der Waals surface area contributed by atoms with Gasteiger partial charge in [0, 0.05) is 37.8 Å². The molecule has 3 aromatic rings. The van der Waals surface area contributed by atoms with Gasteiger partial charge in [-0.15, -0.1) is 10.2 Å². The summed E-state index contributed by atoms with van der Waals surface area (Å²) in [6.45, 7) is 4.68. The smallest absolute Gasteiger partial charge is 0.228 e. The average Bonchev–Trinajstić information content (AvgIpc) is 3.19. The number of aryl methyl sites for hydroxylation is 1. The molecule has 1 saturated heterocycles. The van der Waals surface area contributed by atoms with E-state index in [0.717, 1.165) is 38.3 Å². The van der Waals surface area contributed by atoms with Crippen LogP contribution in [0.1, 0.15) is 31.5 Å². The van der Waals surface area contributed by atoms with E-state index >= 15 is 0 Å². The summed E-state index contributed by atoms with van der Waals surface area (Å²) in [5.41, 5.74) is 0. The van der Waals surface area contributed by atoms with Gasteiger partial charge in [0.05, 0.1) is 0 Å². The number of ether oxygens (including phenoxy) is 1. The maximum absolute atomic E-state index is 13.0. The highest BCUT2D eigenvalue weighted by Gasteiger charge is 2.25. The van der Waals surface area contributed by atoms with E-state index in [9.17, 15) is 4.39 Å². The lowest BCUT2D eigenvalue weighted by atomic mass is 9.96. The van der Waals surface area contributed by atoms with Gasteiger partial charge in [-0.05, 0) is 44.0 Å². The highest BCUT2D eigenvalue weighted by Crippen LogP contribution is 2.29. The molecule has 0 atom stereocenters. The molecule has 27 heavy (non-hydrogen) atoms. The van der Waals surface area contributed by atoms with Crippen LogP contribution < -0.4 is 9.64 Å². The van der Waals surface area contributed by atoms with Crippen LogP contribution >= 0.6 is 0 Å². The van der Waals surface area contributed by atoms with E-state index in [2.05, 4.69) is 36.6 Å². The van der Waals surface area contributed by atoms with Crippen molar-refractivity contribution >= 4 is 5.95 Å². The summed E-state index contributed by atoms with van der Waals surface area (Å²) in [5, 5.41) is 8.33. The number of aromatic nitrogens is 5. The summed E-state index contributed by atoms with van der Waals surface area (Å²) in [6, 6.07) is 7.57. The summed E-state index contributed by atoms with van der Waals surface area (Å²) in [7, 11) is 0. The minimum absolute atomic E-state index is 0.299. The van der Waals surface area contributed by atoms with E-state index < -0.39 is 0 Å².